The third kappa shape index (κ3) is 4.57. The van der Waals surface area contributed by atoms with Crippen LogP contribution in [0.2, 0.25) is 0 Å². The molecule has 6 rings (SSSR count). The fraction of sp³-hybridized carbons (Fsp3) is 0.321. The number of nitriles is 1. The van der Waals surface area contributed by atoms with Crippen molar-refractivity contribution in [3.8, 4) is 40.0 Å². The maximum atomic E-state index is 9.70. The molecule has 3 N–H and O–H groups in total. The predicted molar refractivity (Wildman–Crippen MR) is 138 cm³/mol. The zero-order valence-corrected chi connectivity index (χ0v) is 20.4. The second kappa shape index (κ2) is 9.73. The van der Waals surface area contributed by atoms with E-state index in [0.717, 1.165) is 62.1 Å². The molecular formula is C28H27N7O2. The average molecular weight is 494 g/mol. The highest BCUT2D eigenvalue weighted by Crippen LogP contribution is 2.43. The Morgan fingerprint density at radius 1 is 1.05 bits per heavy atom. The molecule has 2 aliphatic rings. The van der Waals surface area contributed by atoms with Crippen LogP contribution in [0.15, 0.2) is 59.4 Å². The second-order valence-corrected chi connectivity index (χ2v) is 9.62. The molecule has 4 aromatic rings. The minimum atomic E-state index is -0.504. The third-order valence-corrected chi connectivity index (χ3v) is 7.22. The van der Waals surface area contributed by atoms with Crippen molar-refractivity contribution in [2.45, 2.75) is 50.3 Å². The van der Waals surface area contributed by atoms with E-state index in [-0.39, 0.29) is 12.0 Å². The van der Waals surface area contributed by atoms with Crippen LogP contribution in [0.4, 0.5) is 5.82 Å². The van der Waals surface area contributed by atoms with E-state index < -0.39 is 5.41 Å². The number of benzene rings is 1. The van der Waals surface area contributed by atoms with Crippen molar-refractivity contribution in [1.29, 1.82) is 5.26 Å². The standard InChI is InChI=1S/C28H27N7O2/c29-17-28(9-2-10-28)24-13-20(8-11-31-24)22-16-33-27(30)26(34-22)23-14-21(35-37-23)19-6-4-18(5-7-19)15-32-25-3-1-12-36-25/h4-8,11,13-14,16,25,32H,1-3,9-10,12,15H2,(H2,30,33)/t25-/m1/s1. The van der Waals surface area contributed by atoms with Gasteiger partial charge in [0.05, 0.1) is 29.1 Å². The summed E-state index contributed by atoms with van der Waals surface area (Å²) in [4.78, 5) is 13.6. The van der Waals surface area contributed by atoms with Crippen molar-refractivity contribution in [2.75, 3.05) is 12.3 Å². The van der Waals surface area contributed by atoms with Gasteiger partial charge in [-0.1, -0.05) is 29.4 Å². The molecule has 0 unspecified atom stereocenters. The first kappa shape index (κ1) is 23.3. The summed E-state index contributed by atoms with van der Waals surface area (Å²) < 4.78 is 11.2. The van der Waals surface area contributed by atoms with Crippen molar-refractivity contribution in [1.82, 2.24) is 25.4 Å². The van der Waals surface area contributed by atoms with Gasteiger partial charge in [0.15, 0.2) is 17.3 Å². The van der Waals surface area contributed by atoms with E-state index in [2.05, 4.69) is 38.6 Å². The number of hydrogen-bond acceptors (Lipinski definition) is 9. The van der Waals surface area contributed by atoms with Gasteiger partial charge >= 0.3 is 0 Å². The molecule has 1 saturated carbocycles. The lowest BCUT2D eigenvalue weighted by Crippen LogP contribution is -2.33. The minimum Gasteiger partial charge on any atom is -0.382 e. The molecule has 0 amide bonds. The van der Waals surface area contributed by atoms with Crippen LogP contribution < -0.4 is 11.1 Å². The highest BCUT2D eigenvalue weighted by molar-refractivity contribution is 5.73. The average Bonchev–Trinajstić information content (AvgIpc) is 3.61. The number of hydrogen-bond donors (Lipinski definition) is 2. The summed E-state index contributed by atoms with van der Waals surface area (Å²) >= 11 is 0. The van der Waals surface area contributed by atoms with E-state index in [1.165, 1.54) is 5.56 Å². The van der Waals surface area contributed by atoms with Crippen molar-refractivity contribution in [2.24, 2.45) is 0 Å². The van der Waals surface area contributed by atoms with Crippen LogP contribution in [0, 0.1) is 11.3 Å². The van der Waals surface area contributed by atoms with Crippen LogP contribution in [-0.4, -0.2) is 32.9 Å². The van der Waals surface area contributed by atoms with Crippen molar-refractivity contribution in [3.63, 3.8) is 0 Å². The van der Waals surface area contributed by atoms with Crippen molar-refractivity contribution >= 4 is 5.82 Å². The van der Waals surface area contributed by atoms with E-state index in [0.29, 0.717) is 22.8 Å². The summed E-state index contributed by atoms with van der Waals surface area (Å²) in [6.07, 6.45) is 8.32. The lowest BCUT2D eigenvalue weighted by molar-refractivity contribution is 0.0827. The highest BCUT2D eigenvalue weighted by atomic mass is 16.5. The maximum absolute atomic E-state index is 9.70. The molecule has 0 spiro atoms. The monoisotopic (exact) mass is 493 g/mol. The topological polar surface area (TPSA) is 136 Å². The molecular weight excluding hydrogens is 466 g/mol. The Balaban J connectivity index is 1.22. The first-order valence-corrected chi connectivity index (χ1v) is 12.6. The molecule has 9 nitrogen and oxygen atoms in total. The number of anilines is 1. The number of rotatable bonds is 7. The Labute approximate surface area is 214 Å². The van der Waals surface area contributed by atoms with E-state index in [1.54, 1.807) is 12.4 Å². The Kier molecular flexibility index (Phi) is 6.12. The number of pyridine rings is 1. The van der Waals surface area contributed by atoms with Crippen molar-refractivity contribution in [3.05, 3.63) is 66.1 Å². The highest BCUT2D eigenvalue weighted by Gasteiger charge is 2.40. The molecule has 1 aliphatic heterocycles. The number of ether oxygens (including phenoxy) is 1. The summed E-state index contributed by atoms with van der Waals surface area (Å²) in [5.41, 5.74) is 11.1. The Hall–Kier alpha value is -4.13. The van der Waals surface area contributed by atoms with Crippen LogP contribution in [0.5, 0.6) is 0 Å². The fourth-order valence-corrected chi connectivity index (χ4v) is 4.81. The Morgan fingerprint density at radius 3 is 2.65 bits per heavy atom. The number of aromatic nitrogens is 4. The third-order valence-electron chi connectivity index (χ3n) is 7.22. The molecule has 2 fully saturated rings. The van der Waals surface area contributed by atoms with E-state index >= 15 is 0 Å². The van der Waals surface area contributed by atoms with Gasteiger partial charge in [0, 0.05) is 36.5 Å². The van der Waals surface area contributed by atoms with Gasteiger partial charge in [-0.2, -0.15) is 5.26 Å². The molecule has 9 heteroatoms. The summed E-state index contributed by atoms with van der Waals surface area (Å²) in [7, 11) is 0. The van der Waals surface area contributed by atoms with Gasteiger partial charge in [0.2, 0.25) is 0 Å². The van der Waals surface area contributed by atoms with Gasteiger partial charge in [-0.15, -0.1) is 0 Å². The number of nitrogens with zero attached hydrogens (tertiary/aromatic N) is 5. The van der Waals surface area contributed by atoms with Crippen LogP contribution >= 0.6 is 0 Å². The summed E-state index contributed by atoms with van der Waals surface area (Å²) in [5, 5.41) is 17.4. The molecule has 0 radical (unpaired) electrons. The number of nitrogens with one attached hydrogen (secondary N) is 1. The van der Waals surface area contributed by atoms with Gasteiger partial charge < -0.3 is 15.0 Å². The van der Waals surface area contributed by atoms with E-state index in [1.807, 2.05) is 30.3 Å². The lowest BCUT2D eigenvalue weighted by atomic mass is 9.67. The number of nitrogens with two attached hydrogens (primary N) is 1. The van der Waals surface area contributed by atoms with Gasteiger partial charge in [-0.25, -0.2) is 9.97 Å². The largest absolute Gasteiger partial charge is 0.382 e. The summed E-state index contributed by atoms with van der Waals surface area (Å²) in [5.74, 6) is 0.691. The first-order valence-electron chi connectivity index (χ1n) is 12.6. The molecule has 186 valence electrons. The molecule has 37 heavy (non-hydrogen) atoms. The van der Waals surface area contributed by atoms with Crippen LogP contribution in [0.3, 0.4) is 0 Å². The van der Waals surface area contributed by atoms with Crippen LogP contribution in [-0.2, 0) is 16.7 Å². The van der Waals surface area contributed by atoms with Gasteiger partial charge in [0.25, 0.3) is 0 Å². The SMILES string of the molecule is N#CC1(c2cc(-c3cnc(N)c(-c4cc(-c5ccc(CN[C@H]6CCCO6)cc5)no4)n3)ccn2)CCC1. The van der Waals surface area contributed by atoms with E-state index in [9.17, 15) is 5.26 Å². The smallest absolute Gasteiger partial charge is 0.189 e. The van der Waals surface area contributed by atoms with Gasteiger partial charge in [-0.05, 0) is 49.8 Å². The normalized spacial score (nSPS) is 18.3. The van der Waals surface area contributed by atoms with Gasteiger partial charge in [-0.3, -0.25) is 10.3 Å². The molecule has 1 atom stereocenters. The van der Waals surface area contributed by atoms with Crippen LogP contribution in [0.1, 0.15) is 43.4 Å². The lowest BCUT2D eigenvalue weighted by Gasteiger charge is -2.34. The maximum Gasteiger partial charge on any atom is 0.189 e. The molecule has 3 aromatic heterocycles. The molecule has 1 aliphatic carbocycles. The van der Waals surface area contributed by atoms with Gasteiger partial charge in [0.1, 0.15) is 11.9 Å². The zero-order valence-electron chi connectivity index (χ0n) is 20.4. The van der Waals surface area contributed by atoms with Crippen molar-refractivity contribution < 1.29 is 9.26 Å². The molecule has 1 saturated heterocycles. The minimum absolute atomic E-state index is 0.143. The molecule has 0 bridgehead atoms. The summed E-state index contributed by atoms with van der Waals surface area (Å²) in [6, 6.07) is 16.2. The number of nitrogen functional groups attached to an aromatic ring is 1. The fourth-order valence-electron chi connectivity index (χ4n) is 4.81. The Morgan fingerprint density at radius 2 is 1.92 bits per heavy atom. The molecule has 1 aromatic carbocycles. The summed E-state index contributed by atoms with van der Waals surface area (Å²) in [6.45, 7) is 1.58. The second-order valence-electron chi connectivity index (χ2n) is 9.62. The quantitative estimate of drug-likeness (QED) is 0.378. The first-order chi connectivity index (χ1) is 18.1. The Bertz CT molecular complexity index is 1450. The van der Waals surface area contributed by atoms with Crippen LogP contribution in [0.25, 0.3) is 34.0 Å². The van der Waals surface area contributed by atoms with E-state index in [4.69, 9.17) is 20.0 Å². The predicted octanol–water partition coefficient (Wildman–Crippen LogP) is 4.61. The zero-order chi connectivity index (χ0) is 25.2. The molecule has 4 heterocycles.